The van der Waals surface area contributed by atoms with Gasteiger partial charge in [0.1, 0.15) is 0 Å². The summed E-state index contributed by atoms with van der Waals surface area (Å²) in [6.07, 6.45) is -6.43. The van der Waals surface area contributed by atoms with Crippen LogP contribution in [0.25, 0.3) is 0 Å². The number of aliphatic hydroxyl groups is 1. The van der Waals surface area contributed by atoms with Crippen LogP contribution in [0.5, 0.6) is 0 Å². The molecule has 1 unspecified atom stereocenters. The largest absolute Gasteiger partial charge is 0.390 e. The Labute approximate surface area is 190 Å². The molecular weight excluding hydrogens is 454 g/mol. The van der Waals surface area contributed by atoms with Gasteiger partial charge in [-0.2, -0.15) is 24.9 Å². The number of aliphatic hydroxyl groups excluding tert-OH is 1. The summed E-state index contributed by atoms with van der Waals surface area (Å²) in [5.41, 5.74) is 1.16. The SMILES string of the molecule is CC(C)(C)SCC(CC(F)(F)F)N[C@H](c1ccc(Cl)cc1)[C@H](O)c1cccc(Cl)c1. The molecule has 0 aromatic heterocycles. The van der Waals surface area contributed by atoms with Crippen molar-refractivity contribution in [2.45, 2.75) is 56.3 Å². The third-order valence-electron chi connectivity index (χ3n) is 4.35. The molecule has 3 atom stereocenters. The maximum atomic E-state index is 13.3. The smallest absolute Gasteiger partial charge is 0.386 e. The molecule has 0 fully saturated rings. The summed E-state index contributed by atoms with van der Waals surface area (Å²) in [7, 11) is 0. The lowest BCUT2D eigenvalue weighted by Crippen LogP contribution is -2.41. The second-order valence-corrected chi connectivity index (χ2v) is 10.9. The number of alkyl halides is 3. The second-order valence-electron chi connectivity index (χ2n) is 8.14. The standard InChI is InChI=1S/C22H26Cl2F3NOS/c1-21(2,3)30-13-18(12-22(25,26)27)28-19(14-7-9-16(23)10-8-14)20(29)15-5-4-6-17(24)11-15/h4-11,18-20,28-29H,12-13H2,1-3H3/t18?,19-,20-/m1/s1. The summed E-state index contributed by atoms with van der Waals surface area (Å²) in [6.45, 7) is 5.87. The van der Waals surface area contributed by atoms with Gasteiger partial charge in [0.25, 0.3) is 0 Å². The van der Waals surface area contributed by atoms with E-state index in [9.17, 15) is 18.3 Å². The Morgan fingerprint density at radius 2 is 1.60 bits per heavy atom. The fourth-order valence-corrected chi connectivity index (χ4v) is 4.21. The van der Waals surface area contributed by atoms with Crippen molar-refractivity contribution in [1.29, 1.82) is 0 Å². The lowest BCUT2D eigenvalue weighted by Gasteiger charge is -2.32. The van der Waals surface area contributed by atoms with Gasteiger partial charge in [-0.1, -0.05) is 68.2 Å². The van der Waals surface area contributed by atoms with Gasteiger partial charge < -0.3 is 10.4 Å². The lowest BCUT2D eigenvalue weighted by atomic mass is 9.94. The fourth-order valence-electron chi connectivity index (χ4n) is 2.97. The van der Waals surface area contributed by atoms with Crippen LogP contribution < -0.4 is 5.32 Å². The van der Waals surface area contributed by atoms with Crippen LogP contribution in [0.2, 0.25) is 10.0 Å². The van der Waals surface area contributed by atoms with Crippen molar-refractivity contribution < 1.29 is 18.3 Å². The van der Waals surface area contributed by atoms with E-state index >= 15 is 0 Å². The van der Waals surface area contributed by atoms with Gasteiger partial charge in [-0.3, -0.25) is 0 Å². The Bertz CT molecular complexity index is 809. The van der Waals surface area contributed by atoms with E-state index < -0.39 is 30.8 Å². The van der Waals surface area contributed by atoms with E-state index in [1.165, 1.54) is 11.8 Å². The van der Waals surface area contributed by atoms with Gasteiger partial charge in [-0.05, 0) is 35.4 Å². The molecule has 0 saturated carbocycles. The van der Waals surface area contributed by atoms with E-state index in [0.29, 0.717) is 21.2 Å². The van der Waals surface area contributed by atoms with Crippen molar-refractivity contribution in [3.63, 3.8) is 0 Å². The van der Waals surface area contributed by atoms with Crippen LogP contribution in [0.4, 0.5) is 13.2 Å². The number of hydrogen-bond acceptors (Lipinski definition) is 3. The summed E-state index contributed by atoms with van der Waals surface area (Å²) < 4.78 is 39.6. The van der Waals surface area contributed by atoms with Crippen LogP contribution in [0.3, 0.4) is 0 Å². The predicted octanol–water partition coefficient (Wildman–Crippen LogP) is 7.21. The summed E-state index contributed by atoms with van der Waals surface area (Å²) in [5, 5.41) is 15.1. The van der Waals surface area contributed by atoms with Crippen molar-refractivity contribution >= 4 is 35.0 Å². The maximum absolute atomic E-state index is 13.3. The van der Waals surface area contributed by atoms with Crippen molar-refractivity contribution in [2.75, 3.05) is 5.75 Å². The van der Waals surface area contributed by atoms with E-state index in [-0.39, 0.29) is 10.5 Å². The normalized spacial score (nSPS) is 15.6. The van der Waals surface area contributed by atoms with Crippen molar-refractivity contribution in [1.82, 2.24) is 5.32 Å². The molecule has 2 N–H and O–H groups in total. The number of rotatable bonds is 8. The Morgan fingerprint density at radius 1 is 0.967 bits per heavy atom. The molecule has 166 valence electrons. The molecular formula is C22H26Cl2F3NOS. The Hall–Kier alpha value is -0.920. The van der Waals surface area contributed by atoms with Crippen molar-refractivity contribution in [3.8, 4) is 0 Å². The highest BCUT2D eigenvalue weighted by Gasteiger charge is 2.35. The molecule has 0 bridgehead atoms. The van der Waals surface area contributed by atoms with Crippen molar-refractivity contribution in [2.24, 2.45) is 0 Å². The maximum Gasteiger partial charge on any atom is 0.390 e. The van der Waals surface area contributed by atoms with Gasteiger partial charge in [0, 0.05) is 26.6 Å². The topological polar surface area (TPSA) is 32.3 Å². The molecule has 0 amide bonds. The molecule has 30 heavy (non-hydrogen) atoms. The molecule has 0 radical (unpaired) electrons. The van der Waals surface area contributed by atoms with Gasteiger partial charge in [0.2, 0.25) is 0 Å². The van der Waals surface area contributed by atoms with E-state index in [2.05, 4.69) is 5.32 Å². The predicted molar refractivity (Wildman–Crippen MR) is 120 cm³/mol. The first-order valence-corrected chi connectivity index (χ1v) is 11.2. The molecule has 0 aliphatic rings. The number of halogens is 5. The Balaban J connectivity index is 2.36. The number of nitrogens with one attached hydrogen (secondary N) is 1. The van der Waals surface area contributed by atoms with Crippen LogP contribution in [-0.2, 0) is 0 Å². The first-order valence-electron chi connectivity index (χ1n) is 9.50. The summed E-state index contributed by atoms with van der Waals surface area (Å²) in [6, 6.07) is 11.7. The Kier molecular flexibility index (Phi) is 8.95. The third kappa shape index (κ3) is 8.67. The van der Waals surface area contributed by atoms with E-state index in [4.69, 9.17) is 23.2 Å². The number of hydrogen-bond donors (Lipinski definition) is 2. The molecule has 0 heterocycles. The van der Waals surface area contributed by atoms with Gasteiger partial charge in [-0.25, -0.2) is 0 Å². The van der Waals surface area contributed by atoms with E-state index in [1.807, 2.05) is 20.8 Å². The van der Waals surface area contributed by atoms with Gasteiger partial charge in [0.15, 0.2) is 0 Å². The summed E-state index contributed by atoms with van der Waals surface area (Å²) in [4.78, 5) is 0. The van der Waals surface area contributed by atoms with Gasteiger partial charge >= 0.3 is 6.18 Å². The van der Waals surface area contributed by atoms with Crippen LogP contribution in [0, 0.1) is 0 Å². The molecule has 0 saturated heterocycles. The molecule has 0 spiro atoms. The molecule has 8 heteroatoms. The highest BCUT2D eigenvalue weighted by Crippen LogP contribution is 2.34. The number of benzene rings is 2. The monoisotopic (exact) mass is 479 g/mol. The number of thioether (sulfide) groups is 1. The second kappa shape index (κ2) is 10.6. The fraction of sp³-hybridized carbons (Fsp3) is 0.455. The minimum atomic E-state index is -4.33. The van der Waals surface area contributed by atoms with Gasteiger partial charge in [-0.15, -0.1) is 0 Å². The first kappa shape index (κ1) is 25.3. The molecule has 2 rings (SSSR count). The third-order valence-corrected chi connectivity index (χ3v) is 6.27. The molecule has 0 aliphatic carbocycles. The molecule has 2 aromatic rings. The van der Waals surface area contributed by atoms with Crippen LogP contribution >= 0.6 is 35.0 Å². The van der Waals surface area contributed by atoms with Crippen LogP contribution in [0.15, 0.2) is 48.5 Å². The van der Waals surface area contributed by atoms with Crippen LogP contribution in [-0.4, -0.2) is 27.8 Å². The first-order chi connectivity index (χ1) is 13.8. The zero-order valence-electron chi connectivity index (χ0n) is 17.0. The molecule has 2 aromatic carbocycles. The molecule has 0 aliphatic heterocycles. The highest BCUT2D eigenvalue weighted by atomic mass is 35.5. The van der Waals surface area contributed by atoms with E-state index in [0.717, 1.165) is 0 Å². The summed E-state index contributed by atoms with van der Waals surface area (Å²) >= 11 is 13.5. The quantitative estimate of drug-likeness (QED) is 0.419. The average Bonchev–Trinajstić information content (AvgIpc) is 2.62. The molecule has 2 nitrogen and oxygen atoms in total. The average molecular weight is 480 g/mol. The van der Waals surface area contributed by atoms with Gasteiger partial charge in [0.05, 0.1) is 18.6 Å². The zero-order chi connectivity index (χ0) is 22.5. The van der Waals surface area contributed by atoms with Crippen molar-refractivity contribution in [3.05, 3.63) is 69.7 Å². The minimum Gasteiger partial charge on any atom is -0.386 e. The highest BCUT2D eigenvalue weighted by molar-refractivity contribution is 8.00. The lowest BCUT2D eigenvalue weighted by molar-refractivity contribution is -0.139. The minimum absolute atomic E-state index is 0.188. The van der Waals surface area contributed by atoms with Crippen LogP contribution in [0.1, 0.15) is 50.5 Å². The summed E-state index contributed by atoms with van der Waals surface area (Å²) in [5.74, 6) is 0.245. The Morgan fingerprint density at radius 3 is 2.13 bits per heavy atom. The zero-order valence-corrected chi connectivity index (χ0v) is 19.3. The van der Waals surface area contributed by atoms with E-state index in [1.54, 1.807) is 48.5 Å².